The van der Waals surface area contributed by atoms with Crippen LogP contribution in [0, 0.1) is 5.92 Å². The van der Waals surface area contributed by atoms with E-state index in [4.69, 9.17) is 0 Å². The van der Waals surface area contributed by atoms with Gasteiger partial charge in [-0.1, -0.05) is 36.8 Å². The number of amides is 2. The number of ketones is 1. The maximum Gasteiger partial charge on any atom is 0.367 e. The van der Waals surface area contributed by atoms with E-state index in [-0.39, 0.29) is 11.7 Å². The van der Waals surface area contributed by atoms with Crippen molar-refractivity contribution in [1.82, 2.24) is 0 Å². The molecule has 0 N–H and O–H groups in total. The largest absolute Gasteiger partial charge is 0.367 e. The van der Waals surface area contributed by atoms with Crippen molar-refractivity contribution in [3.63, 3.8) is 0 Å². The predicted molar refractivity (Wildman–Crippen MR) is 85.5 cm³/mol. The first kappa shape index (κ1) is 14.2. The number of thioether (sulfide) groups is 1. The molecule has 0 saturated heterocycles. The molecular weight excluding hydrogens is 284 g/mol. The van der Waals surface area contributed by atoms with Crippen molar-refractivity contribution in [1.29, 1.82) is 0 Å². The quantitative estimate of drug-likeness (QED) is 0.798. The summed E-state index contributed by atoms with van der Waals surface area (Å²) in [7, 11) is 0. The molecule has 21 heavy (non-hydrogen) atoms. The number of carbonyl (C=O) groups excluding carboxylic acids is 2. The molecule has 4 nitrogen and oxygen atoms in total. The summed E-state index contributed by atoms with van der Waals surface area (Å²) < 4.78 is 0. The number of benzene rings is 1. The summed E-state index contributed by atoms with van der Waals surface area (Å²) in [5.74, 6) is 0.542. The Morgan fingerprint density at radius 3 is 2.81 bits per heavy atom. The van der Waals surface area contributed by atoms with E-state index in [1.165, 1.54) is 11.8 Å². The Balaban J connectivity index is 1.67. The zero-order valence-electron chi connectivity index (χ0n) is 11.6. The normalized spacial score (nSPS) is 21.3. The lowest BCUT2D eigenvalue weighted by Gasteiger charge is -2.26. The Morgan fingerprint density at radius 1 is 1.19 bits per heavy atom. The number of rotatable bonds is 3. The minimum Gasteiger partial charge on any atom is -0.293 e. The summed E-state index contributed by atoms with van der Waals surface area (Å²) in [5, 5.41) is 0.772. The van der Waals surface area contributed by atoms with E-state index in [0.29, 0.717) is 11.3 Å². The third-order valence-corrected chi connectivity index (χ3v) is 4.85. The predicted octanol–water partition coefficient (Wildman–Crippen LogP) is 3.77. The molecule has 0 aromatic heterocycles. The fourth-order valence-electron chi connectivity index (χ4n) is 2.70. The third kappa shape index (κ3) is 3.29. The van der Waals surface area contributed by atoms with Crippen LogP contribution in [0.15, 0.2) is 40.3 Å². The van der Waals surface area contributed by atoms with Crippen LogP contribution in [0.3, 0.4) is 0 Å². The number of nitrogens with zero attached hydrogens (tertiary/aromatic N) is 2. The van der Waals surface area contributed by atoms with Crippen LogP contribution in [0.25, 0.3) is 0 Å². The zero-order valence-corrected chi connectivity index (χ0v) is 12.4. The lowest BCUT2D eigenvalue weighted by atomic mass is 9.87. The Labute approximate surface area is 127 Å². The van der Waals surface area contributed by atoms with Gasteiger partial charge in [0.1, 0.15) is 0 Å². The third-order valence-electron chi connectivity index (χ3n) is 3.77. The SMILES string of the molecule is O=C1N=C2CCCCC2C(SCC(=O)c2ccccc2)=N1. The monoisotopic (exact) mass is 300 g/mol. The van der Waals surface area contributed by atoms with Crippen LogP contribution < -0.4 is 0 Å². The molecule has 2 amide bonds. The van der Waals surface area contributed by atoms with Gasteiger partial charge in [-0.2, -0.15) is 4.99 Å². The first-order valence-corrected chi connectivity index (χ1v) is 8.13. The van der Waals surface area contributed by atoms with Gasteiger partial charge in [0.15, 0.2) is 5.78 Å². The topological polar surface area (TPSA) is 58.9 Å². The van der Waals surface area contributed by atoms with Gasteiger partial charge in [-0.15, -0.1) is 11.8 Å². The van der Waals surface area contributed by atoms with Gasteiger partial charge in [-0.05, 0) is 19.3 Å². The number of hydrogen-bond acceptors (Lipinski definition) is 3. The summed E-state index contributed by atoms with van der Waals surface area (Å²) in [6.07, 6.45) is 4.08. The van der Waals surface area contributed by atoms with E-state index in [1.54, 1.807) is 0 Å². The minimum atomic E-state index is -0.419. The van der Waals surface area contributed by atoms with Crippen molar-refractivity contribution < 1.29 is 9.59 Å². The lowest BCUT2D eigenvalue weighted by molar-refractivity contribution is 0.102. The molecule has 5 heteroatoms. The van der Waals surface area contributed by atoms with Crippen LogP contribution in [0.4, 0.5) is 4.79 Å². The van der Waals surface area contributed by atoms with Crippen molar-refractivity contribution >= 4 is 34.3 Å². The van der Waals surface area contributed by atoms with Crippen molar-refractivity contribution in [3.8, 4) is 0 Å². The summed E-state index contributed by atoms with van der Waals surface area (Å²) in [4.78, 5) is 31.8. The summed E-state index contributed by atoms with van der Waals surface area (Å²) in [6.45, 7) is 0. The van der Waals surface area contributed by atoms with Gasteiger partial charge < -0.3 is 0 Å². The summed E-state index contributed by atoms with van der Waals surface area (Å²) in [6, 6.07) is 8.79. The molecule has 108 valence electrons. The number of hydrogen-bond donors (Lipinski definition) is 0. The van der Waals surface area contributed by atoms with Crippen molar-refractivity contribution in [2.45, 2.75) is 25.7 Å². The zero-order chi connectivity index (χ0) is 14.7. The fraction of sp³-hybridized carbons (Fsp3) is 0.375. The van der Waals surface area contributed by atoms with Crippen LogP contribution >= 0.6 is 11.8 Å². The Morgan fingerprint density at radius 2 is 2.00 bits per heavy atom. The van der Waals surface area contributed by atoms with Gasteiger partial charge >= 0.3 is 6.03 Å². The molecule has 1 atom stereocenters. The molecule has 1 aliphatic heterocycles. The van der Waals surface area contributed by atoms with Gasteiger partial charge in [0, 0.05) is 17.2 Å². The number of Topliss-reactive ketones (excluding diaryl/α,β-unsaturated/α-hetero) is 1. The highest BCUT2D eigenvalue weighted by molar-refractivity contribution is 8.14. The molecule has 3 rings (SSSR count). The van der Waals surface area contributed by atoms with Crippen molar-refractivity contribution in [2.24, 2.45) is 15.9 Å². The van der Waals surface area contributed by atoms with Gasteiger partial charge in [0.25, 0.3) is 0 Å². The highest BCUT2D eigenvalue weighted by Gasteiger charge is 2.30. The number of urea groups is 1. The van der Waals surface area contributed by atoms with Crippen LogP contribution in [0.2, 0.25) is 0 Å². The molecule has 0 spiro atoms. The molecule has 0 bridgehead atoms. The van der Waals surface area contributed by atoms with E-state index < -0.39 is 6.03 Å². The first-order chi connectivity index (χ1) is 10.2. The fourth-order valence-corrected chi connectivity index (χ4v) is 3.74. The van der Waals surface area contributed by atoms with Gasteiger partial charge in [-0.3, -0.25) is 4.79 Å². The average Bonchev–Trinajstić information content (AvgIpc) is 2.53. The van der Waals surface area contributed by atoms with E-state index in [1.807, 2.05) is 30.3 Å². The van der Waals surface area contributed by atoms with Crippen LogP contribution in [-0.4, -0.2) is 28.3 Å². The molecular formula is C16H16N2O2S. The van der Waals surface area contributed by atoms with E-state index in [9.17, 15) is 9.59 Å². The smallest absolute Gasteiger partial charge is 0.293 e. The standard InChI is InChI=1S/C16H16N2O2S/c19-14(11-6-2-1-3-7-11)10-21-15-12-8-4-5-9-13(12)17-16(20)18-15/h1-3,6-7,12H,4-5,8-10H2. The minimum absolute atomic E-state index is 0.0654. The van der Waals surface area contributed by atoms with Gasteiger partial charge in [0.2, 0.25) is 0 Å². The Kier molecular flexibility index (Phi) is 4.29. The van der Waals surface area contributed by atoms with Crippen LogP contribution in [0.1, 0.15) is 36.0 Å². The second-order valence-electron chi connectivity index (χ2n) is 5.21. The van der Waals surface area contributed by atoms with E-state index in [2.05, 4.69) is 9.98 Å². The molecule has 0 radical (unpaired) electrons. The number of fused-ring (bicyclic) bond motifs is 1. The summed E-state index contributed by atoms with van der Waals surface area (Å²) >= 11 is 1.39. The van der Waals surface area contributed by atoms with Crippen LogP contribution in [-0.2, 0) is 0 Å². The maximum atomic E-state index is 12.1. The van der Waals surface area contributed by atoms with E-state index >= 15 is 0 Å². The molecule has 1 aliphatic carbocycles. The molecule has 1 saturated carbocycles. The molecule has 1 heterocycles. The van der Waals surface area contributed by atoms with E-state index in [0.717, 1.165) is 36.4 Å². The number of carbonyl (C=O) groups is 2. The van der Waals surface area contributed by atoms with Crippen LogP contribution in [0.5, 0.6) is 0 Å². The highest BCUT2D eigenvalue weighted by Crippen LogP contribution is 2.30. The molecule has 1 fully saturated rings. The molecule has 1 aromatic rings. The second-order valence-corrected chi connectivity index (χ2v) is 6.21. The molecule has 2 aliphatic rings. The highest BCUT2D eigenvalue weighted by atomic mass is 32.2. The Bertz CT molecular complexity index is 622. The van der Waals surface area contributed by atoms with Crippen molar-refractivity contribution in [2.75, 3.05) is 5.75 Å². The van der Waals surface area contributed by atoms with Crippen molar-refractivity contribution in [3.05, 3.63) is 35.9 Å². The second kappa shape index (κ2) is 6.35. The molecule has 1 aromatic carbocycles. The average molecular weight is 300 g/mol. The summed E-state index contributed by atoms with van der Waals surface area (Å²) in [5.41, 5.74) is 1.65. The van der Waals surface area contributed by atoms with Gasteiger partial charge in [-0.25, -0.2) is 9.79 Å². The number of aliphatic imine (C=N–C) groups is 2. The maximum absolute atomic E-state index is 12.1. The molecule has 1 unspecified atom stereocenters. The van der Waals surface area contributed by atoms with Gasteiger partial charge in [0.05, 0.1) is 10.8 Å². The first-order valence-electron chi connectivity index (χ1n) is 7.15. The lowest BCUT2D eigenvalue weighted by Crippen LogP contribution is -2.30. The Hall–Kier alpha value is -1.75.